The quantitative estimate of drug-likeness (QED) is 0.594. The average molecular weight is 375 g/mol. The molecule has 1 aliphatic heterocycles. The highest BCUT2D eigenvalue weighted by Gasteiger charge is 2.29. The van der Waals surface area contributed by atoms with Gasteiger partial charge >= 0.3 is 11.9 Å². The van der Waals surface area contributed by atoms with Gasteiger partial charge in [0.15, 0.2) is 0 Å². The summed E-state index contributed by atoms with van der Waals surface area (Å²) in [4.78, 5) is 23.2. The predicted octanol–water partition coefficient (Wildman–Crippen LogP) is 3.07. The minimum atomic E-state index is -0.826. The van der Waals surface area contributed by atoms with Crippen LogP contribution in [0.4, 0.5) is 0 Å². The van der Waals surface area contributed by atoms with Crippen LogP contribution in [0.3, 0.4) is 0 Å². The average Bonchev–Trinajstić information content (AvgIpc) is 3.12. The predicted molar refractivity (Wildman–Crippen MR) is 96.7 cm³/mol. The van der Waals surface area contributed by atoms with E-state index in [9.17, 15) is 9.59 Å². The Labute approximate surface area is 156 Å². The molecule has 6 nitrogen and oxygen atoms in total. The van der Waals surface area contributed by atoms with E-state index in [1.165, 1.54) is 11.6 Å². The number of halogens is 1. The lowest BCUT2D eigenvalue weighted by atomic mass is 10.1. The molecule has 1 fully saturated rings. The minimum Gasteiger partial charge on any atom is -0.463 e. The van der Waals surface area contributed by atoms with Crippen LogP contribution in [0.1, 0.15) is 28.8 Å². The number of hydrogen-bond acceptors (Lipinski definition) is 5. The third-order valence-electron chi connectivity index (χ3n) is 4.09. The van der Waals surface area contributed by atoms with Crippen molar-refractivity contribution in [3.63, 3.8) is 0 Å². The molecule has 0 N–H and O–H groups in total. The summed E-state index contributed by atoms with van der Waals surface area (Å²) in [5, 5.41) is 4.87. The second-order valence-electron chi connectivity index (χ2n) is 6.15. The first-order valence-electron chi connectivity index (χ1n) is 8.28. The number of aryl methyl sites for hydroxylation is 2. The van der Waals surface area contributed by atoms with Crippen molar-refractivity contribution in [2.45, 2.75) is 32.9 Å². The summed E-state index contributed by atoms with van der Waals surface area (Å²) in [5.74, 6) is -1.12. The summed E-state index contributed by atoms with van der Waals surface area (Å²) in [5.41, 5.74) is 3.61. The van der Waals surface area contributed by atoms with Crippen LogP contribution in [0.15, 0.2) is 30.3 Å². The fraction of sp³-hybridized carbons (Fsp3) is 0.316. The number of benzene rings is 1. The second-order valence-corrected chi connectivity index (χ2v) is 6.51. The molecule has 0 saturated carbocycles. The highest BCUT2D eigenvalue weighted by molar-refractivity contribution is 6.31. The van der Waals surface area contributed by atoms with Crippen LogP contribution in [0.5, 0.6) is 0 Å². The zero-order valence-electron chi connectivity index (χ0n) is 14.6. The van der Waals surface area contributed by atoms with Gasteiger partial charge in [-0.3, -0.25) is 0 Å². The van der Waals surface area contributed by atoms with Crippen molar-refractivity contribution in [1.82, 2.24) is 9.78 Å². The number of nitrogens with zero attached hydrogens (tertiary/aromatic N) is 2. The summed E-state index contributed by atoms with van der Waals surface area (Å²) < 4.78 is 11.5. The van der Waals surface area contributed by atoms with Crippen molar-refractivity contribution in [2.75, 3.05) is 6.61 Å². The summed E-state index contributed by atoms with van der Waals surface area (Å²) in [6.45, 7) is 4.66. The number of aromatic nitrogens is 2. The Morgan fingerprint density at radius 1 is 1.38 bits per heavy atom. The topological polar surface area (TPSA) is 70.4 Å². The maximum Gasteiger partial charge on any atom is 0.347 e. The summed E-state index contributed by atoms with van der Waals surface area (Å²) in [6, 6.07) is 8.11. The highest BCUT2D eigenvalue weighted by Crippen LogP contribution is 2.22. The zero-order chi connectivity index (χ0) is 18.7. The molecule has 1 aliphatic rings. The molecule has 2 aromatic rings. The molecule has 0 bridgehead atoms. The number of hydrogen-bond donors (Lipinski definition) is 0. The van der Waals surface area contributed by atoms with Crippen LogP contribution < -0.4 is 0 Å². The van der Waals surface area contributed by atoms with Gasteiger partial charge in [0.25, 0.3) is 0 Å². The van der Waals surface area contributed by atoms with Gasteiger partial charge in [0, 0.05) is 18.1 Å². The third kappa shape index (κ3) is 4.14. The van der Waals surface area contributed by atoms with Gasteiger partial charge < -0.3 is 9.47 Å². The fourth-order valence-electron chi connectivity index (χ4n) is 2.64. The maximum absolute atomic E-state index is 11.9. The fourth-order valence-corrected chi connectivity index (χ4v) is 2.94. The molecule has 1 aromatic carbocycles. The number of ether oxygens (including phenoxy) is 2. The van der Waals surface area contributed by atoms with Gasteiger partial charge in [-0.15, -0.1) is 0 Å². The van der Waals surface area contributed by atoms with E-state index in [1.54, 1.807) is 10.8 Å². The molecule has 2 heterocycles. The Morgan fingerprint density at radius 3 is 2.77 bits per heavy atom. The van der Waals surface area contributed by atoms with Gasteiger partial charge in [-0.1, -0.05) is 41.4 Å². The van der Waals surface area contributed by atoms with Crippen molar-refractivity contribution in [1.29, 1.82) is 0 Å². The van der Waals surface area contributed by atoms with E-state index in [0.29, 0.717) is 29.4 Å². The third-order valence-corrected chi connectivity index (χ3v) is 4.49. The van der Waals surface area contributed by atoms with Crippen LogP contribution in [0, 0.1) is 13.8 Å². The molecule has 0 spiro atoms. The van der Waals surface area contributed by atoms with E-state index in [-0.39, 0.29) is 6.61 Å². The van der Waals surface area contributed by atoms with E-state index in [4.69, 9.17) is 21.1 Å². The first kappa shape index (κ1) is 18.2. The molecule has 3 rings (SSSR count). The lowest BCUT2D eigenvalue weighted by molar-refractivity contribution is -0.156. The second kappa shape index (κ2) is 7.74. The number of cyclic esters (lactones) is 1. The van der Waals surface area contributed by atoms with Gasteiger partial charge in [0.1, 0.15) is 5.15 Å². The van der Waals surface area contributed by atoms with Crippen molar-refractivity contribution >= 4 is 29.6 Å². The normalized spacial score (nSPS) is 16.9. The Hall–Kier alpha value is -2.60. The molecule has 1 atom stereocenters. The van der Waals surface area contributed by atoms with Gasteiger partial charge in [-0.05, 0) is 25.5 Å². The van der Waals surface area contributed by atoms with Crippen molar-refractivity contribution in [2.24, 2.45) is 0 Å². The maximum atomic E-state index is 11.9. The standard InChI is InChI=1S/C19H19ClN2O4/c1-12-3-5-14(6-4-12)11-22-18(20)15(13(2)21-22)7-8-17(23)26-16-9-10-25-19(16)24/h3-8,16H,9-11H2,1-2H3/b8-7+/t16-/m1/s1. The van der Waals surface area contributed by atoms with E-state index in [0.717, 1.165) is 5.56 Å². The lowest BCUT2D eigenvalue weighted by Crippen LogP contribution is -2.21. The first-order chi connectivity index (χ1) is 12.4. The molecule has 7 heteroatoms. The van der Waals surface area contributed by atoms with Crippen molar-refractivity contribution in [3.05, 3.63) is 57.9 Å². The Kier molecular flexibility index (Phi) is 5.42. The molecule has 26 heavy (non-hydrogen) atoms. The van der Waals surface area contributed by atoms with E-state index in [2.05, 4.69) is 5.10 Å². The number of rotatable bonds is 5. The van der Waals surface area contributed by atoms with Gasteiger partial charge in [-0.2, -0.15) is 5.10 Å². The number of esters is 2. The van der Waals surface area contributed by atoms with E-state index >= 15 is 0 Å². The summed E-state index contributed by atoms with van der Waals surface area (Å²) in [7, 11) is 0. The van der Waals surface area contributed by atoms with Gasteiger partial charge in [0.05, 0.1) is 18.8 Å². The first-order valence-corrected chi connectivity index (χ1v) is 8.65. The highest BCUT2D eigenvalue weighted by atomic mass is 35.5. The zero-order valence-corrected chi connectivity index (χ0v) is 15.3. The van der Waals surface area contributed by atoms with Crippen LogP contribution in [0.2, 0.25) is 5.15 Å². The van der Waals surface area contributed by atoms with Gasteiger partial charge in [0.2, 0.25) is 6.10 Å². The van der Waals surface area contributed by atoms with E-state index in [1.807, 2.05) is 38.1 Å². The molecule has 0 aliphatic carbocycles. The van der Waals surface area contributed by atoms with Crippen LogP contribution in [0.25, 0.3) is 6.08 Å². The summed E-state index contributed by atoms with van der Waals surface area (Å²) >= 11 is 6.41. The van der Waals surface area contributed by atoms with E-state index < -0.39 is 18.0 Å². The molecule has 1 saturated heterocycles. The summed E-state index contributed by atoms with van der Waals surface area (Å²) in [6.07, 6.45) is 2.36. The molecular formula is C19H19ClN2O4. The molecule has 1 aromatic heterocycles. The number of carbonyl (C=O) groups excluding carboxylic acids is 2. The lowest BCUT2D eigenvalue weighted by Gasteiger charge is -2.05. The van der Waals surface area contributed by atoms with Crippen LogP contribution >= 0.6 is 11.6 Å². The van der Waals surface area contributed by atoms with Gasteiger partial charge in [-0.25, -0.2) is 14.3 Å². The number of carbonyl (C=O) groups is 2. The molecule has 0 radical (unpaired) electrons. The van der Waals surface area contributed by atoms with Crippen molar-refractivity contribution in [3.8, 4) is 0 Å². The van der Waals surface area contributed by atoms with Crippen LogP contribution in [-0.4, -0.2) is 34.4 Å². The molecule has 0 amide bonds. The minimum absolute atomic E-state index is 0.275. The molecule has 0 unspecified atom stereocenters. The SMILES string of the molecule is Cc1ccc(Cn2nc(C)c(/C=C/C(=O)O[C@@H]3CCOC3=O)c2Cl)cc1. The molecular weight excluding hydrogens is 356 g/mol. The smallest absolute Gasteiger partial charge is 0.347 e. The monoisotopic (exact) mass is 374 g/mol. The Bertz CT molecular complexity index is 855. The van der Waals surface area contributed by atoms with Crippen molar-refractivity contribution < 1.29 is 19.1 Å². The largest absolute Gasteiger partial charge is 0.463 e. The molecule has 136 valence electrons. The Balaban J connectivity index is 1.70. The van der Waals surface area contributed by atoms with Crippen LogP contribution in [-0.2, 0) is 25.6 Å². The Morgan fingerprint density at radius 2 is 2.12 bits per heavy atom.